The predicted molar refractivity (Wildman–Crippen MR) is 168 cm³/mol. The summed E-state index contributed by atoms with van der Waals surface area (Å²) in [4.78, 5) is 42.6. The highest BCUT2D eigenvalue weighted by molar-refractivity contribution is 8.00. The number of thiazole rings is 1. The number of carbonyl (C=O) groups excluding carboxylic acids is 2. The predicted octanol–water partition coefficient (Wildman–Crippen LogP) is 8.12. The molecule has 0 aliphatic heterocycles. The van der Waals surface area contributed by atoms with Crippen LogP contribution >= 0.6 is 69.5 Å². The Morgan fingerprint density at radius 3 is 2.26 bits per heavy atom. The van der Waals surface area contributed by atoms with Crippen molar-refractivity contribution >= 4 is 98.1 Å². The van der Waals surface area contributed by atoms with Gasteiger partial charge in [-0.1, -0.05) is 52.5 Å². The number of carbonyl (C=O) groups is 3. The van der Waals surface area contributed by atoms with Gasteiger partial charge in [0.1, 0.15) is 0 Å². The molecule has 218 valence electrons. The smallest absolute Gasteiger partial charge is 0.338 e. The van der Waals surface area contributed by atoms with Crippen molar-refractivity contribution in [3.8, 4) is 22.8 Å². The van der Waals surface area contributed by atoms with Gasteiger partial charge in [0.2, 0.25) is 5.91 Å². The zero-order valence-electron chi connectivity index (χ0n) is 21.6. The molecule has 4 aromatic rings. The number of nitrogens with zero attached hydrogens (tertiary/aromatic N) is 1. The van der Waals surface area contributed by atoms with Crippen LogP contribution in [0.3, 0.4) is 0 Å². The Morgan fingerprint density at radius 2 is 1.60 bits per heavy atom. The number of hydrogen-bond donors (Lipinski definition) is 3. The van der Waals surface area contributed by atoms with Gasteiger partial charge in [0.05, 0.1) is 56.9 Å². The molecule has 3 N–H and O–H groups in total. The lowest BCUT2D eigenvalue weighted by atomic mass is 10.1. The normalized spacial score (nSPS) is 10.7. The van der Waals surface area contributed by atoms with Crippen LogP contribution in [-0.4, -0.2) is 47.8 Å². The van der Waals surface area contributed by atoms with Gasteiger partial charge in [-0.15, -0.1) is 23.1 Å². The summed E-state index contributed by atoms with van der Waals surface area (Å²) in [6.45, 7) is 0. The average Bonchev–Trinajstić information content (AvgIpc) is 3.44. The van der Waals surface area contributed by atoms with E-state index in [0.29, 0.717) is 32.9 Å². The molecular weight excluding hydrogens is 668 g/mol. The van der Waals surface area contributed by atoms with Crippen molar-refractivity contribution in [1.82, 2.24) is 4.98 Å². The van der Waals surface area contributed by atoms with Crippen LogP contribution in [0.4, 0.5) is 10.8 Å². The topological polar surface area (TPSA) is 127 Å². The molecule has 0 saturated carbocycles. The van der Waals surface area contributed by atoms with Gasteiger partial charge in [0.15, 0.2) is 16.6 Å². The Morgan fingerprint density at radius 1 is 0.905 bits per heavy atom. The Kier molecular flexibility index (Phi) is 10.5. The highest BCUT2D eigenvalue weighted by atomic mass is 35.5. The van der Waals surface area contributed by atoms with Gasteiger partial charge in [0.25, 0.3) is 5.91 Å². The number of halogens is 4. The van der Waals surface area contributed by atoms with E-state index in [1.54, 1.807) is 50.6 Å². The van der Waals surface area contributed by atoms with Crippen molar-refractivity contribution in [2.24, 2.45) is 0 Å². The number of carboxylic acid groups (broad SMARTS) is 1. The zero-order chi connectivity index (χ0) is 30.6. The molecule has 1 aromatic heterocycles. The number of ether oxygens (including phenoxy) is 2. The minimum absolute atomic E-state index is 0.0556. The Labute approximate surface area is 268 Å². The molecule has 0 unspecified atom stereocenters. The van der Waals surface area contributed by atoms with E-state index in [-0.39, 0.29) is 26.7 Å². The first-order valence-corrected chi connectivity index (χ1v) is 15.0. The minimum Gasteiger partial charge on any atom is -0.493 e. The molecule has 4 rings (SSSR count). The van der Waals surface area contributed by atoms with Crippen molar-refractivity contribution in [3.05, 3.63) is 79.1 Å². The molecule has 1 heterocycles. The van der Waals surface area contributed by atoms with E-state index in [0.717, 1.165) is 5.56 Å². The summed E-state index contributed by atoms with van der Waals surface area (Å²) in [7, 11) is 3.10. The highest BCUT2D eigenvalue weighted by Crippen LogP contribution is 2.42. The number of aromatic carboxylic acids is 1. The van der Waals surface area contributed by atoms with Crippen LogP contribution in [-0.2, 0) is 4.79 Å². The summed E-state index contributed by atoms with van der Waals surface area (Å²) in [6.07, 6.45) is 0. The van der Waals surface area contributed by atoms with Crippen LogP contribution in [0.5, 0.6) is 11.5 Å². The molecule has 15 heteroatoms. The molecule has 0 bridgehead atoms. The molecule has 3 aromatic carbocycles. The van der Waals surface area contributed by atoms with Crippen molar-refractivity contribution in [1.29, 1.82) is 0 Å². The van der Waals surface area contributed by atoms with E-state index in [4.69, 9.17) is 55.9 Å². The maximum atomic E-state index is 13.0. The molecule has 0 radical (unpaired) electrons. The van der Waals surface area contributed by atoms with Crippen LogP contribution < -0.4 is 20.1 Å². The highest BCUT2D eigenvalue weighted by Gasteiger charge is 2.29. The largest absolute Gasteiger partial charge is 0.493 e. The van der Waals surface area contributed by atoms with Gasteiger partial charge in [-0.2, -0.15) is 0 Å². The van der Waals surface area contributed by atoms with Crippen molar-refractivity contribution in [3.63, 3.8) is 0 Å². The van der Waals surface area contributed by atoms with E-state index in [9.17, 15) is 19.5 Å². The number of aromatic nitrogens is 1. The van der Waals surface area contributed by atoms with E-state index in [2.05, 4.69) is 15.6 Å². The third-order valence-electron chi connectivity index (χ3n) is 5.60. The average molecular weight is 687 g/mol. The van der Waals surface area contributed by atoms with E-state index >= 15 is 0 Å². The lowest BCUT2D eigenvalue weighted by Crippen LogP contribution is -2.18. The first kappa shape index (κ1) is 31.7. The van der Waals surface area contributed by atoms with Crippen LogP contribution in [0.1, 0.15) is 20.7 Å². The number of rotatable bonds is 10. The molecule has 9 nitrogen and oxygen atoms in total. The molecule has 0 spiro atoms. The second-order valence-electron chi connectivity index (χ2n) is 8.24. The van der Waals surface area contributed by atoms with Crippen molar-refractivity contribution in [2.45, 2.75) is 4.90 Å². The summed E-state index contributed by atoms with van der Waals surface area (Å²) in [5.41, 5.74) is 0.781. The quantitative estimate of drug-likeness (QED) is 0.0867. The summed E-state index contributed by atoms with van der Waals surface area (Å²) in [5.74, 6) is -1.43. The molecule has 42 heavy (non-hydrogen) atoms. The van der Waals surface area contributed by atoms with Crippen LogP contribution in [0.2, 0.25) is 20.1 Å². The number of anilines is 2. The summed E-state index contributed by atoms with van der Waals surface area (Å²) < 4.78 is 10.6. The van der Waals surface area contributed by atoms with Gasteiger partial charge in [-0.3, -0.25) is 9.59 Å². The Bertz CT molecular complexity index is 1700. The minimum atomic E-state index is -1.50. The van der Waals surface area contributed by atoms with Crippen LogP contribution in [0.25, 0.3) is 11.3 Å². The first-order chi connectivity index (χ1) is 20.0. The molecule has 0 aliphatic carbocycles. The SMILES string of the molecule is COc1ccc(-c2csc(NC(=O)CSc3cccc(NC(=O)c4c(Cl)c(Cl)c(Cl)c(Cl)c4C(=O)O)c3)n2)cc1OC. The fourth-order valence-corrected chi connectivity index (χ4v) is 6.18. The number of carboxylic acids is 1. The zero-order valence-corrected chi connectivity index (χ0v) is 26.2. The van der Waals surface area contributed by atoms with Gasteiger partial charge in [-0.05, 0) is 36.4 Å². The Balaban J connectivity index is 1.41. The number of hydrogen-bond acceptors (Lipinski definition) is 8. The van der Waals surface area contributed by atoms with Crippen LogP contribution in [0.15, 0.2) is 52.7 Å². The van der Waals surface area contributed by atoms with Gasteiger partial charge < -0.3 is 25.2 Å². The fourth-order valence-electron chi connectivity index (χ4n) is 3.67. The van der Waals surface area contributed by atoms with Gasteiger partial charge in [-0.25, -0.2) is 9.78 Å². The van der Waals surface area contributed by atoms with E-state index in [1.807, 2.05) is 11.4 Å². The molecule has 0 aliphatic rings. The third kappa shape index (κ3) is 7.05. The fraction of sp³-hybridized carbons (Fsp3) is 0.111. The van der Waals surface area contributed by atoms with Crippen molar-refractivity contribution < 1.29 is 29.0 Å². The monoisotopic (exact) mass is 685 g/mol. The summed E-state index contributed by atoms with van der Waals surface area (Å²) in [5, 5.41) is 15.9. The van der Waals surface area contributed by atoms with E-state index < -0.39 is 28.0 Å². The number of thioether (sulfide) groups is 1. The molecule has 0 fully saturated rings. The molecular formula is C27H19Cl4N3O6S2. The first-order valence-electron chi connectivity index (χ1n) is 11.6. The Hall–Kier alpha value is -3.19. The second-order valence-corrected chi connectivity index (χ2v) is 11.7. The standard InChI is InChI=1S/C27H19Cl4N3O6S2/c1-39-16-7-6-12(8-17(16)40-2)15-10-42-27(33-15)34-18(35)11-41-14-5-3-4-13(9-14)32-25(36)19-20(26(37)38)22(29)24(31)23(30)21(19)28/h3-10H,11H2,1-2H3,(H,32,36)(H,37,38)(H,33,34,35). The number of benzene rings is 3. The molecule has 0 atom stereocenters. The maximum Gasteiger partial charge on any atom is 0.338 e. The van der Waals surface area contributed by atoms with Gasteiger partial charge in [0, 0.05) is 21.5 Å². The lowest BCUT2D eigenvalue weighted by molar-refractivity contribution is -0.113. The number of amides is 2. The second kappa shape index (κ2) is 13.9. The third-order valence-corrected chi connectivity index (χ3v) is 9.15. The number of methoxy groups -OCH3 is 2. The summed E-state index contributed by atoms with van der Waals surface area (Å²) in [6, 6.07) is 12.0. The maximum absolute atomic E-state index is 13.0. The summed E-state index contributed by atoms with van der Waals surface area (Å²) >= 11 is 26.7. The van der Waals surface area contributed by atoms with E-state index in [1.165, 1.54) is 23.1 Å². The molecule has 2 amide bonds. The lowest BCUT2D eigenvalue weighted by Gasteiger charge is -2.14. The van der Waals surface area contributed by atoms with Crippen LogP contribution in [0, 0.1) is 0 Å². The molecule has 0 saturated heterocycles. The number of nitrogens with one attached hydrogen (secondary N) is 2. The van der Waals surface area contributed by atoms with Gasteiger partial charge >= 0.3 is 5.97 Å². The van der Waals surface area contributed by atoms with Crippen molar-refractivity contribution in [2.75, 3.05) is 30.6 Å².